The molecular formula is C14H16N2O2. The van der Waals surface area contributed by atoms with Gasteiger partial charge in [0.25, 0.3) is 0 Å². The van der Waals surface area contributed by atoms with Gasteiger partial charge in [-0.15, -0.1) is 0 Å². The molecule has 0 unspecified atom stereocenters. The van der Waals surface area contributed by atoms with Crippen LogP contribution in [0.2, 0.25) is 0 Å². The zero-order chi connectivity index (χ0) is 12.5. The van der Waals surface area contributed by atoms with E-state index in [2.05, 4.69) is 0 Å². The summed E-state index contributed by atoms with van der Waals surface area (Å²) < 4.78 is 8.86. The van der Waals surface area contributed by atoms with Crippen molar-refractivity contribution in [2.75, 3.05) is 7.11 Å². The molecule has 1 aromatic carbocycles. The lowest BCUT2D eigenvalue weighted by Gasteiger charge is -2.08. The second kappa shape index (κ2) is 4.37. The first-order chi connectivity index (χ1) is 8.79. The van der Waals surface area contributed by atoms with Crippen LogP contribution in [0.4, 0.5) is 0 Å². The molecule has 1 aromatic heterocycles. The third-order valence-electron chi connectivity index (χ3n) is 3.35. The van der Waals surface area contributed by atoms with Gasteiger partial charge in [-0.2, -0.15) is 0 Å². The summed E-state index contributed by atoms with van der Waals surface area (Å²) in [6, 6.07) is 8.22. The van der Waals surface area contributed by atoms with E-state index in [1.54, 1.807) is 11.7 Å². The Bertz CT molecular complexity index is 608. The van der Waals surface area contributed by atoms with Gasteiger partial charge in [-0.25, -0.2) is 4.79 Å². The molecule has 0 radical (unpaired) electrons. The summed E-state index contributed by atoms with van der Waals surface area (Å²) in [5.74, 6) is 0.823. The third-order valence-corrected chi connectivity index (χ3v) is 3.35. The number of para-hydroxylation sites is 1. The van der Waals surface area contributed by atoms with Crippen LogP contribution in [0.5, 0.6) is 5.75 Å². The number of methoxy groups -OCH3 is 1. The second-order valence-corrected chi connectivity index (χ2v) is 4.66. The highest BCUT2D eigenvalue weighted by molar-refractivity contribution is 5.33. The molecule has 4 nitrogen and oxygen atoms in total. The molecular weight excluding hydrogens is 228 g/mol. The monoisotopic (exact) mass is 244 g/mol. The van der Waals surface area contributed by atoms with Crippen molar-refractivity contribution in [1.82, 2.24) is 9.13 Å². The summed E-state index contributed by atoms with van der Waals surface area (Å²) >= 11 is 0. The van der Waals surface area contributed by atoms with Gasteiger partial charge in [0.15, 0.2) is 0 Å². The molecule has 4 heteroatoms. The quantitative estimate of drug-likeness (QED) is 0.825. The zero-order valence-corrected chi connectivity index (χ0v) is 10.4. The van der Waals surface area contributed by atoms with Crippen molar-refractivity contribution in [3.8, 4) is 5.75 Å². The fraction of sp³-hybridized carbons (Fsp3) is 0.357. The lowest BCUT2D eigenvalue weighted by Crippen LogP contribution is -2.23. The summed E-state index contributed by atoms with van der Waals surface area (Å²) in [4.78, 5) is 12.1. The van der Waals surface area contributed by atoms with Crippen LogP contribution in [-0.2, 0) is 6.54 Å². The second-order valence-electron chi connectivity index (χ2n) is 4.66. The van der Waals surface area contributed by atoms with Crippen LogP contribution in [-0.4, -0.2) is 16.2 Å². The third kappa shape index (κ3) is 1.94. The minimum absolute atomic E-state index is 0.0726. The van der Waals surface area contributed by atoms with Gasteiger partial charge in [0.2, 0.25) is 0 Å². The summed E-state index contributed by atoms with van der Waals surface area (Å²) in [6.45, 7) is 0.558. The van der Waals surface area contributed by atoms with Gasteiger partial charge in [-0.1, -0.05) is 18.2 Å². The van der Waals surface area contributed by atoms with Crippen LogP contribution >= 0.6 is 0 Å². The lowest BCUT2D eigenvalue weighted by atomic mass is 10.2. The Hall–Kier alpha value is -1.97. The number of benzene rings is 1. The van der Waals surface area contributed by atoms with Crippen molar-refractivity contribution >= 4 is 0 Å². The smallest absolute Gasteiger partial charge is 0.328 e. The maximum Gasteiger partial charge on any atom is 0.328 e. The van der Waals surface area contributed by atoms with E-state index in [-0.39, 0.29) is 5.69 Å². The minimum Gasteiger partial charge on any atom is -0.496 e. The normalized spacial score (nSPS) is 14.7. The van der Waals surface area contributed by atoms with Crippen LogP contribution in [0, 0.1) is 0 Å². The van der Waals surface area contributed by atoms with Crippen LogP contribution < -0.4 is 10.4 Å². The SMILES string of the molecule is COc1ccccc1Cn1ccn(C2CC2)c1=O. The molecule has 0 spiro atoms. The molecule has 0 saturated heterocycles. The standard InChI is InChI=1S/C14H16N2O2/c1-18-13-5-3-2-4-11(13)10-15-8-9-16(14(15)17)12-6-7-12/h2-5,8-9,12H,6-7,10H2,1H3. The van der Waals surface area contributed by atoms with Crippen molar-refractivity contribution in [3.63, 3.8) is 0 Å². The fourth-order valence-corrected chi connectivity index (χ4v) is 2.20. The van der Waals surface area contributed by atoms with E-state index >= 15 is 0 Å². The van der Waals surface area contributed by atoms with Gasteiger partial charge in [0.1, 0.15) is 5.75 Å². The molecule has 94 valence electrons. The largest absolute Gasteiger partial charge is 0.496 e. The van der Waals surface area contributed by atoms with E-state index < -0.39 is 0 Å². The van der Waals surface area contributed by atoms with Crippen LogP contribution in [0.1, 0.15) is 24.4 Å². The minimum atomic E-state index is 0.0726. The van der Waals surface area contributed by atoms with E-state index in [0.717, 1.165) is 24.2 Å². The Morgan fingerprint density at radius 2 is 2.06 bits per heavy atom. The predicted molar refractivity (Wildman–Crippen MR) is 69.1 cm³/mol. The molecule has 2 aromatic rings. The summed E-state index contributed by atoms with van der Waals surface area (Å²) in [6.07, 6.45) is 5.99. The molecule has 1 fully saturated rings. The van der Waals surface area contributed by atoms with E-state index in [1.807, 2.05) is 41.2 Å². The lowest BCUT2D eigenvalue weighted by molar-refractivity contribution is 0.408. The highest BCUT2D eigenvalue weighted by Crippen LogP contribution is 2.33. The first-order valence-electron chi connectivity index (χ1n) is 6.19. The number of ether oxygens (including phenoxy) is 1. The average molecular weight is 244 g/mol. The van der Waals surface area contributed by atoms with Gasteiger partial charge in [0, 0.05) is 24.0 Å². The molecule has 0 bridgehead atoms. The van der Waals surface area contributed by atoms with Crippen molar-refractivity contribution in [1.29, 1.82) is 0 Å². The van der Waals surface area contributed by atoms with E-state index in [4.69, 9.17) is 4.74 Å². The average Bonchev–Trinajstić information content (AvgIpc) is 3.17. The van der Waals surface area contributed by atoms with Gasteiger partial charge in [0.05, 0.1) is 13.7 Å². The highest BCUT2D eigenvalue weighted by atomic mass is 16.5. The van der Waals surface area contributed by atoms with Crippen LogP contribution in [0.15, 0.2) is 41.5 Å². The topological polar surface area (TPSA) is 36.2 Å². The first-order valence-corrected chi connectivity index (χ1v) is 6.19. The van der Waals surface area contributed by atoms with Gasteiger partial charge in [-0.05, 0) is 18.9 Å². The number of nitrogens with zero attached hydrogens (tertiary/aromatic N) is 2. The van der Waals surface area contributed by atoms with Crippen molar-refractivity contribution in [2.24, 2.45) is 0 Å². The Morgan fingerprint density at radius 3 is 2.78 bits per heavy atom. The Kier molecular flexibility index (Phi) is 2.70. The number of hydrogen-bond donors (Lipinski definition) is 0. The molecule has 1 aliphatic carbocycles. The molecule has 18 heavy (non-hydrogen) atoms. The van der Waals surface area contributed by atoms with Gasteiger partial charge in [-0.3, -0.25) is 9.13 Å². The molecule has 0 amide bonds. The van der Waals surface area contributed by atoms with Crippen molar-refractivity contribution in [2.45, 2.75) is 25.4 Å². The predicted octanol–water partition coefficient (Wildman–Crippen LogP) is 2.04. The Morgan fingerprint density at radius 1 is 1.28 bits per heavy atom. The Balaban J connectivity index is 1.90. The molecule has 0 N–H and O–H groups in total. The molecule has 1 heterocycles. The molecule has 0 aliphatic heterocycles. The zero-order valence-electron chi connectivity index (χ0n) is 10.4. The Labute approximate surface area is 105 Å². The number of hydrogen-bond acceptors (Lipinski definition) is 2. The molecule has 1 aliphatic rings. The number of aromatic nitrogens is 2. The summed E-state index contributed by atoms with van der Waals surface area (Å²) in [5.41, 5.74) is 1.10. The number of rotatable bonds is 4. The van der Waals surface area contributed by atoms with Crippen LogP contribution in [0.25, 0.3) is 0 Å². The van der Waals surface area contributed by atoms with Crippen molar-refractivity contribution < 1.29 is 4.74 Å². The summed E-state index contributed by atoms with van der Waals surface area (Å²) in [5, 5.41) is 0. The fourth-order valence-electron chi connectivity index (χ4n) is 2.20. The summed E-state index contributed by atoms with van der Waals surface area (Å²) in [7, 11) is 1.65. The maximum atomic E-state index is 12.1. The van der Waals surface area contributed by atoms with Gasteiger partial charge < -0.3 is 4.74 Å². The first kappa shape index (κ1) is 11.1. The molecule has 0 atom stereocenters. The van der Waals surface area contributed by atoms with Crippen LogP contribution in [0.3, 0.4) is 0 Å². The maximum absolute atomic E-state index is 12.1. The molecule has 3 rings (SSSR count). The van der Waals surface area contributed by atoms with E-state index in [1.165, 1.54) is 0 Å². The van der Waals surface area contributed by atoms with Crippen molar-refractivity contribution in [3.05, 3.63) is 52.7 Å². The van der Waals surface area contributed by atoms with Gasteiger partial charge >= 0.3 is 5.69 Å². The van der Waals surface area contributed by atoms with E-state index in [9.17, 15) is 4.79 Å². The molecule has 1 saturated carbocycles. The van der Waals surface area contributed by atoms with E-state index in [0.29, 0.717) is 12.6 Å². The highest BCUT2D eigenvalue weighted by Gasteiger charge is 2.25. The number of imidazole rings is 1.